The number of nitrogens with one attached hydrogen (secondary N) is 2. The Balaban J connectivity index is 1.74. The van der Waals surface area contributed by atoms with E-state index in [4.69, 9.17) is 9.84 Å². The van der Waals surface area contributed by atoms with Gasteiger partial charge in [-0.1, -0.05) is 30.3 Å². The molecule has 2 aromatic rings. The van der Waals surface area contributed by atoms with Gasteiger partial charge in [-0.2, -0.15) is 0 Å². The fourth-order valence-electron chi connectivity index (χ4n) is 3.42. The van der Waals surface area contributed by atoms with Crippen LogP contribution in [0.3, 0.4) is 0 Å². The average molecular weight is 396 g/mol. The highest BCUT2D eigenvalue weighted by atomic mass is 16.5. The van der Waals surface area contributed by atoms with Crippen molar-refractivity contribution in [3.05, 3.63) is 65.7 Å². The minimum Gasteiger partial charge on any atom is -0.480 e. The lowest BCUT2D eigenvalue weighted by atomic mass is 9.73. The van der Waals surface area contributed by atoms with E-state index < -0.39 is 23.3 Å². The molecule has 152 valence electrons. The Morgan fingerprint density at radius 2 is 1.62 bits per heavy atom. The van der Waals surface area contributed by atoms with Gasteiger partial charge in [-0.05, 0) is 49.6 Å². The summed E-state index contributed by atoms with van der Waals surface area (Å²) >= 11 is 0. The number of hydrogen-bond acceptors (Lipinski definition) is 4. The van der Waals surface area contributed by atoms with E-state index in [1.54, 1.807) is 24.3 Å². The molecule has 7 nitrogen and oxygen atoms in total. The molecule has 1 aliphatic rings. The van der Waals surface area contributed by atoms with E-state index in [0.717, 1.165) is 5.56 Å². The quantitative estimate of drug-likeness (QED) is 0.696. The molecule has 3 rings (SSSR count). The van der Waals surface area contributed by atoms with Crippen LogP contribution in [0, 0.1) is 0 Å². The van der Waals surface area contributed by atoms with Gasteiger partial charge in [0.1, 0.15) is 6.04 Å². The fourth-order valence-corrected chi connectivity index (χ4v) is 3.42. The summed E-state index contributed by atoms with van der Waals surface area (Å²) in [6.07, 6.45) is 1.19. The Morgan fingerprint density at radius 1 is 1.00 bits per heavy atom. The summed E-state index contributed by atoms with van der Waals surface area (Å²) < 4.78 is 5.47. The Hall–Kier alpha value is -3.19. The van der Waals surface area contributed by atoms with Crippen LogP contribution in [0.1, 0.15) is 35.7 Å². The van der Waals surface area contributed by atoms with E-state index in [1.165, 1.54) is 6.92 Å². The summed E-state index contributed by atoms with van der Waals surface area (Å²) in [5.74, 6) is -1.70. The van der Waals surface area contributed by atoms with Crippen LogP contribution in [-0.2, 0) is 19.7 Å². The van der Waals surface area contributed by atoms with Crippen LogP contribution < -0.4 is 10.6 Å². The third-order valence-corrected chi connectivity index (χ3v) is 5.23. The molecule has 0 saturated carbocycles. The monoisotopic (exact) mass is 396 g/mol. The number of rotatable bonds is 6. The van der Waals surface area contributed by atoms with Crippen molar-refractivity contribution in [2.24, 2.45) is 0 Å². The van der Waals surface area contributed by atoms with Crippen LogP contribution in [-0.4, -0.2) is 42.1 Å². The first-order chi connectivity index (χ1) is 13.9. The second-order valence-electron chi connectivity index (χ2n) is 7.13. The first-order valence-corrected chi connectivity index (χ1v) is 9.51. The molecule has 1 saturated heterocycles. The van der Waals surface area contributed by atoms with Gasteiger partial charge in [-0.3, -0.25) is 14.4 Å². The van der Waals surface area contributed by atoms with Crippen LogP contribution in [0.25, 0.3) is 0 Å². The van der Waals surface area contributed by atoms with Gasteiger partial charge in [-0.25, -0.2) is 0 Å². The smallest absolute Gasteiger partial charge is 0.325 e. The van der Waals surface area contributed by atoms with Crippen LogP contribution >= 0.6 is 0 Å². The maximum absolute atomic E-state index is 13.2. The van der Waals surface area contributed by atoms with Crippen molar-refractivity contribution in [3.8, 4) is 0 Å². The van der Waals surface area contributed by atoms with E-state index in [0.29, 0.717) is 37.3 Å². The molecule has 1 unspecified atom stereocenters. The number of carbonyl (C=O) groups is 3. The first kappa shape index (κ1) is 20.5. The molecule has 1 atom stereocenters. The van der Waals surface area contributed by atoms with Gasteiger partial charge >= 0.3 is 5.97 Å². The zero-order chi connectivity index (χ0) is 20.9. The van der Waals surface area contributed by atoms with E-state index in [2.05, 4.69) is 10.6 Å². The Kier molecular flexibility index (Phi) is 6.29. The zero-order valence-electron chi connectivity index (χ0n) is 16.2. The van der Waals surface area contributed by atoms with Crippen molar-refractivity contribution in [2.75, 3.05) is 18.5 Å². The Labute approximate surface area is 169 Å². The molecule has 1 fully saturated rings. The van der Waals surface area contributed by atoms with Gasteiger partial charge in [0.15, 0.2) is 0 Å². The van der Waals surface area contributed by atoms with Crippen molar-refractivity contribution in [1.82, 2.24) is 5.32 Å². The minimum absolute atomic E-state index is 0.108. The summed E-state index contributed by atoms with van der Waals surface area (Å²) in [6, 6.07) is 15.1. The Bertz CT molecular complexity index is 874. The summed E-state index contributed by atoms with van der Waals surface area (Å²) in [4.78, 5) is 36.2. The van der Waals surface area contributed by atoms with Crippen molar-refractivity contribution in [1.29, 1.82) is 0 Å². The number of hydrogen-bond donors (Lipinski definition) is 3. The van der Waals surface area contributed by atoms with Gasteiger partial charge in [-0.15, -0.1) is 0 Å². The molecule has 1 heterocycles. The number of carbonyl (C=O) groups excluding carboxylic acids is 2. The lowest BCUT2D eigenvalue weighted by Crippen LogP contribution is -2.44. The first-order valence-electron chi connectivity index (χ1n) is 9.51. The number of anilines is 1. The Morgan fingerprint density at radius 3 is 2.21 bits per heavy atom. The SMILES string of the molecule is CC(NC(=O)c1ccc(NC(=O)C2(c3ccccc3)CCOCC2)cc1)C(=O)O. The number of amides is 2. The molecule has 2 amide bonds. The summed E-state index contributed by atoms with van der Waals surface area (Å²) in [5, 5.41) is 14.2. The number of ether oxygens (including phenoxy) is 1. The van der Waals surface area contributed by atoms with Crippen molar-refractivity contribution >= 4 is 23.5 Å². The summed E-state index contributed by atoms with van der Waals surface area (Å²) in [6.45, 7) is 2.43. The van der Waals surface area contributed by atoms with Crippen LogP contribution in [0.2, 0.25) is 0 Å². The third-order valence-electron chi connectivity index (χ3n) is 5.23. The van der Waals surface area contributed by atoms with E-state index in [1.807, 2.05) is 30.3 Å². The van der Waals surface area contributed by atoms with Crippen molar-refractivity contribution in [2.45, 2.75) is 31.2 Å². The van der Waals surface area contributed by atoms with Crippen LogP contribution in [0.4, 0.5) is 5.69 Å². The average Bonchev–Trinajstić information content (AvgIpc) is 2.75. The highest BCUT2D eigenvalue weighted by molar-refractivity contribution is 6.00. The largest absolute Gasteiger partial charge is 0.480 e. The molecule has 0 aliphatic carbocycles. The van der Waals surface area contributed by atoms with Crippen LogP contribution in [0.5, 0.6) is 0 Å². The minimum atomic E-state index is -1.11. The van der Waals surface area contributed by atoms with E-state index in [9.17, 15) is 14.4 Å². The normalized spacial score (nSPS) is 16.4. The van der Waals surface area contributed by atoms with Gasteiger partial charge in [0.2, 0.25) is 5.91 Å². The molecule has 29 heavy (non-hydrogen) atoms. The standard InChI is InChI=1S/C22H24N2O5/c1-15(20(26)27)23-19(25)16-7-9-18(10-8-16)24-21(28)22(11-13-29-14-12-22)17-5-3-2-4-6-17/h2-10,15H,11-14H2,1H3,(H,23,25)(H,24,28)(H,26,27). The van der Waals surface area contributed by atoms with Gasteiger partial charge in [0.25, 0.3) is 5.91 Å². The summed E-state index contributed by atoms with van der Waals surface area (Å²) in [5.41, 5.74) is 1.19. The van der Waals surface area contributed by atoms with Gasteiger partial charge < -0.3 is 20.5 Å². The molecular formula is C22H24N2O5. The van der Waals surface area contributed by atoms with Gasteiger partial charge in [0, 0.05) is 24.5 Å². The maximum Gasteiger partial charge on any atom is 0.325 e. The lowest BCUT2D eigenvalue weighted by Gasteiger charge is -2.36. The number of carboxylic acids is 1. The predicted molar refractivity (Wildman–Crippen MR) is 108 cm³/mol. The number of carboxylic acid groups (broad SMARTS) is 1. The molecule has 7 heteroatoms. The third kappa shape index (κ3) is 4.63. The molecule has 2 aromatic carbocycles. The van der Waals surface area contributed by atoms with Crippen molar-refractivity contribution in [3.63, 3.8) is 0 Å². The topological polar surface area (TPSA) is 105 Å². The molecule has 1 aliphatic heterocycles. The van der Waals surface area contributed by atoms with Crippen molar-refractivity contribution < 1.29 is 24.2 Å². The summed E-state index contributed by atoms with van der Waals surface area (Å²) in [7, 11) is 0. The molecule has 0 bridgehead atoms. The highest BCUT2D eigenvalue weighted by Gasteiger charge is 2.41. The van der Waals surface area contributed by atoms with Crippen LogP contribution in [0.15, 0.2) is 54.6 Å². The molecule has 3 N–H and O–H groups in total. The second kappa shape index (κ2) is 8.87. The fraction of sp³-hybridized carbons (Fsp3) is 0.318. The highest BCUT2D eigenvalue weighted by Crippen LogP contribution is 2.36. The molecular weight excluding hydrogens is 372 g/mol. The van der Waals surface area contributed by atoms with Gasteiger partial charge in [0.05, 0.1) is 5.41 Å². The van der Waals surface area contributed by atoms with E-state index >= 15 is 0 Å². The second-order valence-corrected chi connectivity index (χ2v) is 7.13. The predicted octanol–water partition coefficient (Wildman–Crippen LogP) is 2.58. The molecule has 0 spiro atoms. The zero-order valence-corrected chi connectivity index (χ0v) is 16.2. The maximum atomic E-state index is 13.2. The van der Waals surface area contributed by atoms with E-state index in [-0.39, 0.29) is 5.91 Å². The molecule has 0 radical (unpaired) electrons. The number of aliphatic carboxylic acids is 1. The number of benzene rings is 2. The lowest BCUT2D eigenvalue weighted by molar-refractivity contribution is -0.138. The molecule has 0 aromatic heterocycles.